The van der Waals surface area contributed by atoms with Gasteiger partial charge in [-0.3, -0.25) is 0 Å². The van der Waals surface area contributed by atoms with Crippen molar-refractivity contribution in [1.29, 1.82) is 0 Å². The molecule has 0 aromatic heterocycles. The minimum atomic E-state index is -1.76. The predicted molar refractivity (Wildman–Crippen MR) is 113 cm³/mol. The third-order valence-corrected chi connectivity index (χ3v) is 8.74. The zero-order valence-corrected chi connectivity index (χ0v) is 18.4. The van der Waals surface area contributed by atoms with Crippen molar-refractivity contribution in [3.8, 4) is 5.75 Å². The molecule has 0 spiro atoms. The second-order valence-corrected chi connectivity index (χ2v) is 10.4. The van der Waals surface area contributed by atoms with Crippen LogP contribution in [0.1, 0.15) is 49.7 Å². The summed E-state index contributed by atoms with van der Waals surface area (Å²) in [6, 6.07) is 5.60. The molecule has 1 aromatic rings. The molecule has 6 N–H and O–H groups in total. The molecule has 182 valence electrons. The molecule has 11 atom stereocenters. The summed E-state index contributed by atoms with van der Waals surface area (Å²) in [6.45, 7) is 2.10. The zero-order chi connectivity index (χ0) is 23.7. The standard InChI is InChI=1S/C24H32O9/c1-24-7-6-13-12-5-3-11(32-23-19(28)17(26)18(27)20(33-23)22(30)31)8-10(12)2-4-14(13)15(24)9-16(25)21(24)29/h3,5,8,13-21,23,25-29H,2,4,6-7,9H2,1H3,(H,30,31)/t13-,14-,15+,16-,17+,18+,19-,20+,21+,23+,24+/m1/s1. The fourth-order valence-electron chi connectivity index (χ4n) is 6.90. The van der Waals surface area contributed by atoms with E-state index < -0.39 is 48.9 Å². The summed E-state index contributed by atoms with van der Waals surface area (Å²) in [7, 11) is 0. The van der Waals surface area contributed by atoms with Crippen LogP contribution in [0.4, 0.5) is 0 Å². The molecule has 33 heavy (non-hydrogen) atoms. The third kappa shape index (κ3) is 3.57. The molecule has 9 heteroatoms. The van der Waals surface area contributed by atoms with Gasteiger partial charge in [-0.2, -0.15) is 0 Å². The fraction of sp³-hybridized carbons (Fsp3) is 0.708. The van der Waals surface area contributed by atoms with Gasteiger partial charge >= 0.3 is 5.97 Å². The van der Waals surface area contributed by atoms with E-state index in [0.717, 1.165) is 31.2 Å². The maximum atomic E-state index is 11.3. The van der Waals surface area contributed by atoms with E-state index in [9.17, 15) is 35.4 Å². The molecule has 5 rings (SSSR count). The molecule has 0 radical (unpaired) electrons. The number of hydrogen-bond donors (Lipinski definition) is 6. The van der Waals surface area contributed by atoms with Gasteiger partial charge in [0.1, 0.15) is 24.1 Å². The van der Waals surface area contributed by atoms with Gasteiger partial charge in [0.25, 0.3) is 0 Å². The first kappa shape index (κ1) is 23.0. The van der Waals surface area contributed by atoms with Crippen LogP contribution >= 0.6 is 0 Å². The first-order chi connectivity index (χ1) is 15.6. The number of carbonyl (C=O) groups is 1. The number of carboxylic acid groups (broad SMARTS) is 1. The van der Waals surface area contributed by atoms with E-state index in [1.54, 1.807) is 6.07 Å². The number of ether oxygens (including phenoxy) is 2. The van der Waals surface area contributed by atoms with Gasteiger partial charge in [-0.05, 0) is 78.5 Å². The Morgan fingerprint density at radius 2 is 1.85 bits per heavy atom. The van der Waals surface area contributed by atoms with Crippen LogP contribution in [0.3, 0.4) is 0 Å². The Kier molecular flexibility index (Phi) is 5.70. The van der Waals surface area contributed by atoms with Crippen LogP contribution in [0.25, 0.3) is 0 Å². The third-order valence-electron chi connectivity index (χ3n) is 8.74. The molecule has 0 unspecified atom stereocenters. The molecule has 1 aliphatic heterocycles. The van der Waals surface area contributed by atoms with Crippen LogP contribution in [0.5, 0.6) is 5.75 Å². The van der Waals surface area contributed by atoms with Crippen LogP contribution in [0.15, 0.2) is 18.2 Å². The summed E-state index contributed by atoms with van der Waals surface area (Å²) in [5.41, 5.74) is 2.08. The highest BCUT2D eigenvalue weighted by atomic mass is 16.7. The maximum absolute atomic E-state index is 11.3. The quantitative estimate of drug-likeness (QED) is 0.366. The van der Waals surface area contributed by atoms with E-state index in [1.807, 2.05) is 12.1 Å². The van der Waals surface area contributed by atoms with Gasteiger partial charge in [0.2, 0.25) is 6.29 Å². The Morgan fingerprint density at radius 1 is 1.09 bits per heavy atom. The molecule has 0 bridgehead atoms. The van der Waals surface area contributed by atoms with Crippen molar-refractivity contribution in [1.82, 2.24) is 0 Å². The summed E-state index contributed by atoms with van der Waals surface area (Å²) in [5.74, 6) is -0.0622. The van der Waals surface area contributed by atoms with Gasteiger partial charge in [-0.1, -0.05) is 13.0 Å². The van der Waals surface area contributed by atoms with Gasteiger partial charge in [0, 0.05) is 0 Å². The minimum Gasteiger partial charge on any atom is -0.479 e. The van der Waals surface area contributed by atoms with Crippen molar-refractivity contribution in [2.24, 2.45) is 17.3 Å². The predicted octanol–water partition coefficient (Wildman–Crippen LogP) is 0.145. The lowest BCUT2D eigenvalue weighted by molar-refractivity contribution is -0.271. The molecule has 3 aliphatic carbocycles. The highest BCUT2D eigenvalue weighted by Gasteiger charge is 2.57. The first-order valence-corrected chi connectivity index (χ1v) is 11.7. The molecule has 2 saturated carbocycles. The lowest BCUT2D eigenvalue weighted by Crippen LogP contribution is -2.61. The molecule has 4 aliphatic rings. The van der Waals surface area contributed by atoms with Crippen molar-refractivity contribution in [3.05, 3.63) is 29.3 Å². The summed E-state index contributed by atoms with van der Waals surface area (Å²) >= 11 is 0. The van der Waals surface area contributed by atoms with Crippen LogP contribution in [0, 0.1) is 17.3 Å². The Hall–Kier alpha value is -1.75. The number of benzene rings is 1. The molecule has 0 amide bonds. The highest BCUT2D eigenvalue weighted by molar-refractivity contribution is 5.73. The van der Waals surface area contributed by atoms with E-state index in [1.165, 1.54) is 5.56 Å². The van der Waals surface area contributed by atoms with E-state index >= 15 is 0 Å². The summed E-state index contributed by atoms with van der Waals surface area (Å²) < 4.78 is 10.9. The van der Waals surface area contributed by atoms with E-state index in [0.29, 0.717) is 24.0 Å². The van der Waals surface area contributed by atoms with Crippen molar-refractivity contribution in [2.75, 3.05) is 0 Å². The van der Waals surface area contributed by atoms with Crippen LogP contribution in [-0.4, -0.2) is 79.5 Å². The van der Waals surface area contributed by atoms with Crippen molar-refractivity contribution in [3.63, 3.8) is 0 Å². The lowest BCUT2D eigenvalue weighted by Gasteiger charge is -2.50. The van der Waals surface area contributed by atoms with Crippen LogP contribution in [-0.2, 0) is 16.0 Å². The number of fused-ring (bicyclic) bond motifs is 5. The van der Waals surface area contributed by atoms with Gasteiger partial charge in [0.15, 0.2) is 6.10 Å². The molecule has 3 fully saturated rings. The first-order valence-electron chi connectivity index (χ1n) is 11.7. The smallest absolute Gasteiger partial charge is 0.335 e. The Balaban J connectivity index is 1.34. The van der Waals surface area contributed by atoms with E-state index in [4.69, 9.17) is 9.47 Å². The number of aryl methyl sites for hydroxylation is 1. The summed E-state index contributed by atoms with van der Waals surface area (Å²) in [6.07, 6.45) is -5.40. The Bertz CT molecular complexity index is 921. The average molecular weight is 465 g/mol. The molecule has 1 saturated heterocycles. The number of carboxylic acids is 1. The number of aliphatic hydroxyl groups excluding tert-OH is 5. The van der Waals surface area contributed by atoms with Crippen LogP contribution < -0.4 is 4.74 Å². The van der Waals surface area contributed by atoms with Gasteiger partial charge in [0.05, 0.1) is 12.2 Å². The van der Waals surface area contributed by atoms with Gasteiger partial charge in [-0.15, -0.1) is 0 Å². The normalized spacial score (nSPS) is 46.7. The van der Waals surface area contributed by atoms with Gasteiger partial charge < -0.3 is 40.1 Å². The SMILES string of the molecule is C[C@]12CC[C@@H]3c4ccc(O[C@H]5O[C@H](C(=O)O)[C@@H](O)[C@H](O)[C@H]5O)cc4CC[C@H]3[C@@H]1C[C@@H](O)[C@@H]2O. The second-order valence-electron chi connectivity index (χ2n) is 10.4. The number of hydrogen-bond acceptors (Lipinski definition) is 8. The van der Waals surface area contributed by atoms with E-state index in [-0.39, 0.29) is 11.3 Å². The summed E-state index contributed by atoms with van der Waals surface area (Å²) in [4.78, 5) is 11.3. The molecule has 1 aromatic carbocycles. The molecule has 9 nitrogen and oxygen atoms in total. The molecule has 1 heterocycles. The largest absolute Gasteiger partial charge is 0.479 e. The monoisotopic (exact) mass is 464 g/mol. The van der Waals surface area contributed by atoms with E-state index in [2.05, 4.69) is 6.92 Å². The Morgan fingerprint density at radius 3 is 2.58 bits per heavy atom. The maximum Gasteiger partial charge on any atom is 0.335 e. The summed E-state index contributed by atoms with van der Waals surface area (Å²) in [5, 5.41) is 60.2. The fourth-order valence-corrected chi connectivity index (χ4v) is 6.90. The average Bonchev–Trinajstić information content (AvgIpc) is 3.02. The highest BCUT2D eigenvalue weighted by Crippen LogP contribution is 2.61. The van der Waals surface area contributed by atoms with Crippen LogP contribution in [0.2, 0.25) is 0 Å². The van der Waals surface area contributed by atoms with Gasteiger partial charge in [-0.25, -0.2) is 4.79 Å². The molecular weight excluding hydrogens is 432 g/mol. The van der Waals surface area contributed by atoms with Crippen molar-refractivity contribution >= 4 is 5.97 Å². The lowest BCUT2D eigenvalue weighted by atomic mass is 9.55. The van der Waals surface area contributed by atoms with Crippen molar-refractivity contribution in [2.45, 2.75) is 87.9 Å². The Labute approximate surface area is 191 Å². The van der Waals surface area contributed by atoms with Crippen molar-refractivity contribution < 1.29 is 44.9 Å². The number of aliphatic hydroxyl groups is 5. The number of rotatable bonds is 3. The zero-order valence-electron chi connectivity index (χ0n) is 18.4. The second kappa shape index (κ2) is 8.18. The minimum absolute atomic E-state index is 0.248. The molecular formula is C24H32O9. The topological polar surface area (TPSA) is 157 Å². The number of aliphatic carboxylic acids is 1.